The molecule has 15 heteroatoms. The lowest BCUT2D eigenvalue weighted by atomic mass is 10.2. The third kappa shape index (κ3) is 3.95. The van der Waals surface area contributed by atoms with Gasteiger partial charge in [-0.3, -0.25) is 14.7 Å². The Morgan fingerprint density at radius 3 is 2.97 bits per heavy atom. The molecule has 160 valence electrons. The van der Waals surface area contributed by atoms with Gasteiger partial charge in [0, 0.05) is 23.1 Å². The van der Waals surface area contributed by atoms with Gasteiger partial charge >= 0.3 is 0 Å². The van der Waals surface area contributed by atoms with E-state index in [2.05, 4.69) is 25.0 Å². The van der Waals surface area contributed by atoms with Crippen molar-refractivity contribution in [1.29, 1.82) is 0 Å². The van der Waals surface area contributed by atoms with Gasteiger partial charge in [0.25, 0.3) is 5.69 Å². The second-order valence-electron chi connectivity index (χ2n) is 6.53. The maximum Gasteiger partial charge on any atom is 0.283 e. The average molecular weight is 445 g/mol. The molecule has 14 nitrogen and oxygen atoms in total. The Labute approximate surface area is 177 Å². The summed E-state index contributed by atoms with van der Waals surface area (Å²) in [6.07, 6.45) is -0.541. The minimum Gasteiger partial charge on any atom is -0.394 e. The first kappa shape index (κ1) is 20.8. The molecule has 1 aliphatic rings. The van der Waals surface area contributed by atoms with Crippen LogP contribution < -0.4 is 5.73 Å². The Morgan fingerprint density at radius 2 is 2.29 bits per heavy atom. The summed E-state index contributed by atoms with van der Waals surface area (Å²) in [6, 6.07) is 4.01. The SMILES string of the molecule is [N-]=[N+]=Nc1ccc(Sc2nc(N)c3ncn([C@H]4C[C@H](O)[C@@H](CO)O4)c3n2)c([N+](=O)[O-])c1. The summed E-state index contributed by atoms with van der Waals surface area (Å²) in [4.78, 5) is 26.4. The van der Waals surface area contributed by atoms with E-state index in [0.29, 0.717) is 11.2 Å². The van der Waals surface area contributed by atoms with Crippen molar-refractivity contribution in [2.24, 2.45) is 5.11 Å². The molecule has 0 amide bonds. The predicted octanol–water partition coefficient (Wildman–Crippen LogP) is 2.05. The second-order valence-corrected chi connectivity index (χ2v) is 7.54. The van der Waals surface area contributed by atoms with Gasteiger partial charge in [0.2, 0.25) is 0 Å². The highest BCUT2D eigenvalue weighted by molar-refractivity contribution is 7.99. The molecule has 3 heterocycles. The summed E-state index contributed by atoms with van der Waals surface area (Å²) in [7, 11) is 0. The van der Waals surface area contributed by atoms with Gasteiger partial charge in [0.15, 0.2) is 16.6 Å². The summed E-state index contributed by atoms with van der Waals surface area (Å²) in [5, 5.41) is 34.2. The number of nitrogens with two attached hydrogens (primary N) is 1. The lowest BCUT2D eigenvalue weighted by Gasteiger charge is -2.14. The first-order valence-electron chi connectivity index (χ1n) is 8.87. The van der Waals surface area contributed by atoms with Crippen LogP contribution in [0.5, 0.6) is 0 Å². The van der Waals surface area contributed by atoms with Gasteiger partial charge in [-0.15, -0.1) is 0 Å². The zero-order valence-electron chi connectivity index (χ0n) is 15.6. The molecular formula is C16H15N9O5S. The van der Waals surface area contributed by atoms with E-state index in [1.807, 2.05) is 0 Å². The molecule has 0 bridgehead atoms. The molecule has 31 heavy (non-hydrogen) atoms. The fourth-order valence-electron chi connectivity index (χ4n) is 3.17. The topological polar surface area (TPSA) is 211 Å². The summed E-state index contributed by atoms with van der Waals surface area (Å²) in [5.74, 6) is 0.0665. The zero-order valence-corrected chi connectivity index (χ0v) is 16.5. The van der Waals surface area contributed by atoms with E-state index in [4.69, 9.17) is 16.0 Å². The summed E-state index contributed by atoms with van der Waals surface area (Å²) < 4.78 is 7.21. The molecule has 3 atom stereocenters. The molecule has 0 unspecified atom stereocenters. The molecule has 1 fully saturated rings. The van der Waals surface area contributed by atoms with Gasteiger partial charge in [0.05, 0.1) is 28.9 Å². The van der Waals surface area contributed by atoms with Gasteiger partial charge in [-0.05, 0) is 23.4 Å². The van der Waals surface area contributed by atoms with E-state index < -0.39 is 23.4 Å². The highest BCUT2D eigenvalue weighted by Crippen LogP contribution is 2.37. The number of fused-ring (bicyclic) bond motifs is 1. The van der Waals surface area contributed by atoms with E-state index in [1.54, 1.807) is 4.57 Å². The number of hydrogen-bond acceptors (Lipinski definition) is 11. The smallest absolute Gasteiger partial charge is 0.283 e. The molecule has 0 spiro atoms. The number of aliphatic hydroxyl groups is 2. The molecule has 1 aromatic carbocycles. The summed E-state index contributed by atoms with van der Waals surface area (Å²) >= 11 is 0.909. The minimum absolute atomic E-state index is 0.0665. The number of hydrogen-bond donors (Lipinski definition) is 3. The van der Waals surface area contributed by atoms with E-state index in [-0.39, 0.29) is 40.3 Å². The molecule has 2 aromatic heterocycles. The molecule has 4 rings (SSSR count). The van der Waals surface area contributed by atoms with Crippen molar-refractivity contribution in [1.82, 2.24) is 19.5 Å². The van der Waals surface area contributed by atoms with Gasteiger partial charge in [-0.25, -0.2) is 15.0 Å². The molecule has 0 saturated carbocycles. The maximum atomic E-state index is 11.4. The van der Waals surface area contributed by atoms with Crippen LogP contribution in [0.2, 0.25) is 0 Å². The van der Waals surface area contributed by atoms with E-state index in [9.17, 15) is 20.3 Å². The Bertz CT molecular complexity index is 1210. The lowest BCUT2D eigenvalue weighted by Crippen LogP contribution is -2.24. The second kappa shape index (κ2) is 8.33. The third-order valence-electron chi connectivity index (χ3n) is 4.62. The quantitative estimate of drug-likeness (QED) is 0.125. The van der Waals surface area contributed by atoms with Crippen LogP contribution >= 0.6 is 11.8 Å². The maximum absolute atomic E-state index is 11.4. The monoisotopic (exact) mass is 445 g/mol. The highest BCUT2D eigenvalue weighted by atomic mass is 32.2. The first-order chi connectivity index (χ1) is 14.9. The van der Waals surface area contributed by atoms with Crippen LogP contribution in [0.15, 0.2) is 39.7 Å². The Hall–Kier alpha value is -3.49. The van der Waals surface area contributed by atoms with Crippen molar-refractivity contribution in [3.8, 4) is 0 Å². The zero-order chi connectivity index (χ0) is 22.1. The number of nitro groups is 1. The molecule has 3 aromatic rings. The van der Waals surface area contributed by atoms with E-state index in [1.165, 1.54) is 18.5 Å². The number of nitro benzene ring substituents is 1. The number of azide groups is 1. The van der Waals surface area contributed by atoms with Gasteiger partial charge in [0.1, 0.15) is 17.8 Å². The standard InChI is InChI=1S/C16H15N9O5S/c17-14-13-15(24(6-19-13)12-4-9(27)10(5-26)30-12)21-16(20-14)31-11-2-1-7(22-23-18)3-8(11)25(28)29/h1-3,6,9-10,12,26-27H,4-5H2,(H2,17,20,21)/t9-,10+,12+/m0/s1. The number of rotatable bonds is 6. The number of aromatic nitrogens is 4. The molecule has 1 aliphatic heterocycles. The number of benzene rings is 1. The first-order valence-corrected chi connectivity index (χ1v) is 9.68. The molecule has 0 radical (unpaired) electrons. The Kier molecular flexibility index (Phi) is 5.58. The van der Waals surface area contributed by atoms with Crippen LogP contribution in [-0.4, -0.2) is 53.5 Å². The van der Waals surface area contributed by atoms with Crippen LogP contribution in [0.25, 0.3) is 21.6 Å². The number of ether oxygens (including phenoxy) is 1. The van der Waals surface area contributed by atoms with Crippen LogP contribution in [0.1, 0.15) is 12.6 Å². The normalized spacial score (nSPS) is 20.6. The Balaban J connectivity index is 1.71. The van der Waals surface area contributed by atoms with Gasteiger partial charge in [-0.1, -0.05) is 11.2 Å². The highest BCUT2D eigenvalue weighted by Gasteiger charge is 2.35. The predicted molar refractivity (Wildman–Crippen MR) is 107 cm³/mol. The number of anilines is 1. The van der Waals surface area contributed by atoms with Crippen LogP contribution in [0.3, 0.4) is 0 Å². The number of aliphatic hydroxyl groups excluding tert-OH is 2. The average Bonchev–Trinajstić information content (AvgIpc) is 3.32. The van der Waals surface area contributed by atoms with Crippen molar-refractivity contribution < 1.29 is 19.9 Å². The van der Waals surface area contributed by atoms with Gasteiger partial charge in [-0.2, -0.15) is 0 Å². The van der Waals surface area contributed by atoms with Crippen LogP contribution in [-0.2, 0) is 4.74 Å². The summed E-state index contributed by atoms with van der Waals surface area (Å²) in [5.41, 5.74) is 15.0. The lowest BCUT2D eigenvalue weighted by molar-refractivity contribution is -0.387. The molecule has 1 saturated heterocycles. The van der Waals surface area contributed by atoms with E-state index in [0.717, 1.165) is 17.8 Å². The van der Waals surface area contributed by atoms with Crippen molar-refractivity contribution in [2.45, 2.75) is 34.9 Å². The van der Waals surface area contributed by atoms with Crippen LogP contribution in [0.4, 0.5) is 17.2 Å². The number of nitrogen functional groups attached to an aromatic ring is 1. The fourth-order valence-corrected chi connectivity index (χ4v) is 4.02. The number of nitrogens with zero attached hydrogens (tertiary/aromatic N) is 8. The largest absolute Gasteiger partial charge is 0.394 e. The molecule has 0 aliphatic carbocycles. The number of imidazole rings is 1. The Morgan fingerprint density at radius 1 is 1.48 bits per heavy atom. The third-order valence-corrected chi connectivity index (χ3v) is 5.55. The van der Waals surface area contributed by atoms with Crippen LogP contribution in [0, 0.1) is 10.1 Å². The van der Waals surface area contributed by atoms with E-state index >= 15 is 0 Å². The van der Waals surface area contributed by atoms with Crippen molar-refractivity contribution >= 4 is 40.1 Å². The van der Waals surface area contributed by atoms with Crippen molar-refractivity contribution in [3.63, 3.8) is 0 Å². The van der Waals surface area contributed by atoms with Crippen molar-refractivity contribution in [3.05, 3.63) is 45.1 Å². The molecular weight excluding hydrogens is 430 g/mol. The minimum atomic E-state index is -0.849. The van der Waals surface area contributed by atoms with Crippen molar-refractivity contribution in [2.75, 3.05) is 12.3 Å². The van der Waals surface area contributed by atoms with Gasteiger partial charge < -0.3 is 20.7 Å². The fraction of sp³-hybridized carbons (Fsp3) is 0.312. The molecule has 4 N–H and O–H groups in total. The summed E-state index contributed by atoms with van der Waals surface area (Å²) in [6.45, 7) is -0.335.